The molecular formula is C15H24O4. The second-order valence-electron chi connectivity index (χ2n) is 4.94. The number of ether oxygens (including phenoxy) is 2. The van der Waals surface area contributed by atoms with Gasteiger partial charge in [-0.25, -0.2) is 0 Å². The monoisotopic (exact) mass is 268 g/mol. The minimum absolute atomic E-state index is 0.231. The van der Waals surface area contributed by atoms with Crippen molar-refractivity contribution in [2.45, 2.75) is 34.6 Å². The number of hydrogen-bond acceptors (Lipinski definition) is 4. The van der Waals surface area contributed by atoms with Crippen LogP contribution in [0.4, 0.5) is 0 Å². The molecule has 0 saturated carbocycles. The van der Waals surface area contributed by atoms with Gasteiger partial charge in [0.25, 0.3) is 0 Å². The summed E-state index contributed by atoms with van der Waals surface area (Å²) in [6.45, 7) is 13.1. The predicted molar refractivity (Wildman–Crippen MR) is 74.5 cm³/mol. The van der Waals surface area contributed by atoms with E-state index < -0.39 is 23.3 Å². The van der Waals surface area contributed by atoms with E-state index in [1.54, 1.807) is 39.8 Å². The average Bonchev–Trinajstić information content (AvgIpc) is 2.27. The zero-order valence-electron chi connectivity index (χ0n) is 12.5. The molecule has 0 rings (SSSR count). The van der Waals surface area contributed by atoms with Crippen LogP contribution in [0, 0.1) is 11.3 Å². The summed E-state index contributed by atoms with van der Waals surface area (Å²) in [6, 6.07) is 0. The van der Waals surface area contributed by atoms with E-state index in [0.717, 1.165) is 5.57 Å². The van der Waals surface area contributed by atoms with Crippen molar-refractivity contribution in [3.05, 3.63) is 24.3 Å². The van der Waals surface area contributed by atoms with Crippen LogP contribution in [-0.2, 0) is 19.1 Å². The Hall–Kier alpha value is -1.58. The molecule has 0 radical (unpaired) electrons. The van der Waals surface area contributed by atoms with Crippen molar-refractivity contribution in [1.82, 2.24) is 0 Å². The first kappa shape index (κ1) is 17.4. The number of carbonyl (C=O) groups is 2. The number of rotatable bonds is 7. The molecule has 0 aliphatic rings. The third kappa shape index (κ3) is 5.73. The number of hydrogen-bond donors (Lipinski definition) is 0. The van der Waals surface area contributed by atoms with E-state index in [9.17, 15) is 9.59 Å². The van der Waals surface area contributed by atoms with Gasteiger partial charge in [-0.1, -0.05) is 38.2 Å². The fraction of sp³-hybridized carbons (Fsp3) is 0.600. The molecule has 4 nitrogen and oxygen atoms in total. The summed E-state index contributed by atoms with van der Waals surface area (Å²) in [5.41, 5.74) is 0.150. The Bertz CT molecular complexity index is 348. The maximum absolute atomic E-state index is 12.0. The van der Waals surface area contributed by atoms with E-state index >= 15 is 0 Å². The molecule has 0 heterocycles. The summed E-state index contributed by atoms with van der Waals surface area (Å²) in [7, 11) is 0. The van der Waals surface area contributed by atoms with Crippen molar-refractivity contribution in [2.75, 3.05) is 13.2 Å². The van der Waals surface area contributed by atoms with Gasteiger partial charge >= 0.3 is 11.9 Å². The van der Waals surface area contributed by atoms with Gasteiger partial charge in [0.05, 0.1) is 13.2 Å². The van der Waals surface area contributed by atoms with Crippen molar-refractivity contribution in [3.8, 4) is 0 Å². The lowest BCUT2D eigenvalue weighted by Gasteiger charge is -2.28. The molecule has 19 heavy (non-hydrogen) atoms. The maximum Gasteiger partial charge on any atom is 0.321 e. The third-order valence-electron chi connectivity index (χ3n) is 2.59. The molecule has 0 aromatic carbocycles. The minimum atomic E-state index is -0.969. The molecule has 4 heteroatoms. The van der Waals surface area contributed by atoms with E-state index in [2.05, 4.69) is 6.58 Å². The van der Waals surface area contributed by atoms with Crippen LogP contribution in [0.3, 0.4) is 0 Å². The van der Waals surface area contributed by atoms with Crippen LogP contribution in [0.25, 0.3) is 0 Å². The summed E-state index contributed by atoms with van der Waals surface area (Å²) in [6.07, 6.45) is 3.57. The van der Waals surface area contributed by atoms with Gasteiger partial charge in [-0.15, -0.1) is 0 Å². The van der Waals surface area contributed by atoms with E-state index in [1.165, 1.54) is 0 Å². The average molecular weight is 268 g/mol. The second-order valence-corrected chi connectivity index (χ2v) is 4.94. The van der Waals surface area contributed by atoms with Crippen molar-refractivity contribution in [1.29, 1.82) is 0 Å². The van der Waals surface area contributed by atoms with Crippen LogP contribution in [0.15, 0.2) is 24.3 Å². The molecule has 0 fully saturated rings. The molecule has 0 aromatic heterocycles. The summed E-state index contributed by atoms with van der Waals surface area (Å²) < 4.78 is 9.94. The van der Waals surface area contributed by atoms with Crippen LogP contribution < -0.4 is 0 Å². The quantitative estimate of drug-likeness (QED) is 0.405. The Morgan fingerprint density at radius 2 is 1.58 bits per heavy atom. The molecule has 108 valence electrons. The molecule has 0 amide bonds. The first-order chi connectivity index (χ1) is 8.76. The smallest absolute Gasteiger partial charge is 0.321 e. The molecule has 0 aliphatic heterocycles. The summed E-state index contributed by atoms with van der Waals surface area (Å²) in [5, 5.41) is 0. The Morgan fingerprint density at radius 3 is 1.89 bits per heavy atom. The standard InChI is InChI=1S/C15H24O4/c1-7-18-13(16)12(14(17)19-8-2)15(5,6)10-9-11(3)4/h9-10,12H,3,7-8H2,1-2,4-6H3/b10-9+. The van der Waals surface area contributed by atoms with Crippen LogP contribution in [0.5, 0.6) is 0 Å². The zero-order valence-corrected chi connectivity index (χ0v) is 12.5. The zero-order chi connectivity index (χ0) is 15.1. The van der Waals surface area contributed by atoms with E-state index in [4.69, 9.17) is 9.47 Å². The first-order valence-electron chi connectivity index (χ1n) is 6.44. The fourth-order valence-corrected chi connectivity index (χ4v) is 1.61. The highest BCUT2D eigenvalue weighted by atomic mass is 16.6. The highest BCUT2D eigenvalue weighted by molar-refractivity contribution is 5.96. The number of allylic oxidation sites excluding steroid dienone is 3. The SMILES string of the molecule is C=C(C)/C=C/C(C)(C)C(C(=O)OCC)C(=O)OCC. The van der Waals surface area contributed by atoms with Crippen LogP contribution >= 0.6 is 0 Å². The molecule has 0 saturated heterocycles. The molecule has 0 aliphatic carbocycles. The molecular weight excluding hydrogens is 244 g/mol. The number of carbonyl (C=O) groups excluding carboxylic acids is 2. The normalized spacial score (nSPS) is 11.7. The van der Waals surface area contributed by atoms with Crippen LogP contribution in [0.2, 0.25) is 0 Å². The molecule has 0 bridgehead atoms. The van der Waals surface area contributed by atoms with Gasteiger partial charge in [0.15, 0.2) is 5.92 Å². The molecule has 0 atom stereocenters. The largest absolute Gasteiger partial charge is 0.465 e. The van der Waals surface area contributed by atoms with E-state index in [1.807, 2.05) is 6.92 Å². The Balaban J connectivity index is 5.26. The molecule has 0 unspecified atom stereocenters. The summed E-state index contributed by atoms with van der Waals surface area (Å²) >= 11 is 0. The van der Waals surface area contributed by atoms with Gasteiger partial charge in [-0.05, 0) is 20.8 Å². The van der Waals surface area contributed by atoms with Gasteiger partial charge in [-0.2, -0.15) is 0 Å². The Labute approximate surface area is 115 Å². The third-order valence-corrected chi connectivity index (χ3v) is 2.59. The van der Waals surface area contributed by atoms with Gasteiger partial charge in [0.2, 0.25) is 0 Å². The Morgan fingerprint density at radius 1 is 1.16 bits per heavy atom. The van der Waals surface area contributed by atoms with Crippen molar-refractivity contribution in [3.63, 3.8) is 0 Å². The van der Waals surface area contributed by atoms with Gasteiger partial charge < -0.3 is 9.47 Å². The lowest BCUT2D eigenvalue weighted by atomic mass is 9.78. The lowest BCUT2D eigenvalue weighted by Crippen LogP contribution is -2.38. The second kappa shape index (κ2) is 7.77. The Kier molecular flexibility index (Phi) is 7.12. The molecule has 0 N–H and O–H groups in total. The molecule has 0 spiro atoms. The van der Waals surface area contributed by atoms with E-state index in [-0.39, 0.29) is 13.2 Å². The topological polar surface area (TPSA) is 52.6 Å². The maximum atomic E-state index is 12.0. The van der Waals surface area contributed by atoms with Crippen molar-refractivity contribution < 1.29 is 19.1 Å². The fourth-order valence-electron chi connectivity index (χ4n) is 1.61. The van der Waals surface area contributed by atoms with Gasteiger partial charge in [0.1, 0.15) is 0 Å². The number of esters is 2. The highest BCUT2D eigenvalue weighted by Gasteiger charge is 2.41. The van der Waals surface area contributed by atoms with Gasteiger partial charge in [0, 0.05) is 5.41 Å². The first-order valence-corrected chi connectivity index (χ1v) is 6.44. The van der Waals surface area contributed by atoms with E-state index in [0.29, 0.717) is 0 Å². The van der Waals surface area contributed by atoms with Crippen LogP contribution in [-0.4, -0.2) is 25.2 Å². The van der Waals surface area contributed by atoms with Crippen LogP contribution in [0.1, 0.15) is 34.6 Å². The molecule has 0 aromatic rings. The summed E-state index contributed by atoms with van der Waals surface area (Å²) in [4.78, 5) is 23.9. The predicted octanol–water partition coefficient (Wildman–Crippen LogP) is 2.89. The van der Waals surface area contributed by atoms with Gasteiger partial charge in [-0.3, -0.25) is 9.59 Å². The summed E-state index contributed by atoms with van der Waals surface area (Å²) in [5.74, 6) is -2.09. The van der Waals surface area contributed by atoms with Crippen molar-refractivity contribution >= 4 is 11.9 Å². The highest BCUT2D eigenvalue weighted by Crippen LogP contribution is 2.31. The lowest BCUT2D eigenvalue weighted by molar-refractivity contribution is -0.165. The minimum Gasteiger partial charge on any atom is -0.465 e. The van der Waals surface area contributed by atoms with Crippen molar-refractivity contribution in [2.24, 2.45) is 11.3 Å².